The first-order chi connectivity index (χ1) is 15.0. The Morgan fingerprint density at radius 1 is 1.03 bits per heavy atom. The number of ketones is 1. The first kappa shape index (κ1) is 20.9. The third kappa shape index (κ3) is 4.69. The third-order valence-electron chi connectivity index (χ3n) is 5.37. The van der Waals surface area contributed by atoms with Crippen molar-refractivity contribution in [1.29, 1.82) is 0 Å². The minimum atomic E-state index is -0.703. The number of hydrogen-bond acceptors (Lipinski definition) is 6. The quantitative estimate of drug-likeness (QED) is 0.740. The highest BCUT2D eigenvalue weighted by molar-refractivity contribution is 6.04. The Morgan fingerprint density at radius 2 is 1.74 bits per heavy atom. The van der Waals surface area contributed by atoms with Gasteiger partial charge in [0, 0.05) is 18.7 Å². The first-order valence-corrected chi connectivity index (χ1v) is 10.3. The summed E-state index contributed by atoms with van der Waals surface area (Å²) in [5, 5.41) is 2.82. The predicted molar refractivity (Wildman–Crippen MR) is 116 cm³/mol. The van der Waals surface area contributed by atoms with Gasteiger partial charge in [0.05, 0.1) is 37.7 Å². The van der Waals surface area contributed by atoms with Crippen LogP contribution in [-0.2, 0) is 14.3 Å². The van der Waals surface area contributed by atoms with Gasteiger partial charge in [-0.2, -0.15) is 0 Å². The van der Waals surface area contributed by atoms with Gasteiger partial charge in [-0.3, -0.25) is 14.4 Å². The van der Waals surface area contributed by atoms with Crippen molar-refractivity contribution in [3.63, 3.8) is 0 Å². The molecule has 0 aromatic heterocycles. The van der Waals surface area contributed by atoms with E-state index in [4.69, 9.17) is 9.47 Å². The van der Waals surface area contributed by atoms with Crippen LogP contribution in [0.1, 0.15) is 17.3 Å². The van der Waals surface area contributed by atoms with Crippen molar-refractivity contribution in [2.75, 3.05) is 49.6 Å². The van der Waals surface area contributed by atoms with Crippen LogP contribution in [0, 0.1) is 0 Å². The maximum absolute atomic E-state index is 13.0. The second-order valence-corrected chi connectivity index (χ2v) is 7.54. The van der Waals surface area contributed by atoms with Crippen LogP contribution in [0.5, 0.6) is 5.75 Å². The van der Waals surface area contributed by atoms with Gasteiger partial charge in [0.25, 0.3) is 5.91 Å². The Labute approximate surface area is 180 Å². The molecule has 8 heteroatoms. The maximum atomic E-state index is 13.0. The van der Waals surface area contributed by atoms with E-state index in [0.717, 1.165) is 5.69 Å². The number of benzene rings is 2. The van der Waals surface area contributed by atoms with Crippen molar-refractivity contribution in [1.82, 2.24) is 4.90 Å². The molecule has 2 aromatic carbocycles. The number of carbonyl (C=O) groups is 3. The van der Waals surface area contributed by atoms with Gasteiger partial charge in [-0.15, -0.1) is 0 Å². The fourth-order valence-electron chi connectivity index (χ4n) is 3.83. The van der Waals surface area contributed by atoms with Crippen molar-refractivity contribution < 1.29 is 23.9 Å². The van der Waals surface area contributed by atoms with Crippen LogP contribution < -0.4 is 15.0 Å². The van der Waals surface area contributed by atoms with E-state index < -0.39 is 6.10 Å². The third-order valence-corrected chi connectivity index (χ3v) is 5.37. The Morgan fingerprint density at radius 3 is 2.52 bits per heavy atom. The number of amides is 2. The smallest absolute Gasteiger partial charge is 0.265 e. The van der Waals surface area contributed by atoms with E-state index in [0.29, 0.717) is 43.3 Å². The molecule has 0 spiro atoms. The molecule has 1 atom stereocenters. The van der Waals surface area contributed by atoms with Gasteiger partial charge < -0.3 is 24.6 Å². The van der Waals surface area contributed by atoms with Gasteiger partial charge in [0.15, 0.2) is 11.9 Å². The molecular weight excluding hydrogens is 398 g/mol. The molecule has 0 aliphatic carbocycles. The number of ether oxygens (including phenoxy) is 2. The molecule has 0 radical (unpaired) electrons. The molecule has 0 bridgehead atoms. The van der Waals surface area contributed by atoms with Gasteiger partial charge in [-0.25, -0.2) is 0 Å². The van der Waals surface area contributed by atoms with E-state index in [2.05, 4.69) is 5.32 Å². The van der Waals surface area contributed by atoms with Crippen LogP contribution in [0.25, 0.3) is 0 Å². The molecule has 0 saturated carbocycles. The van der Waals surface area contributed by atoms with Crippen molar-refractivity contribution >= 4 is 29.0 Å². The number of fused-ring (bicyclic) bond motifs is 1. The molecule has 31 heavy (non-hydrogen) atoms. The SMILES string of the molecule is CC(=O)c1ccccc1NC(=O)CN1C[C@H](C(=O)N2CCOCC2)Oc2ccccc21. The zero-order chi connectivity index (χ0) is 21.8. The predicted octanol–water partition coefficient (Wildman–Crippen LogP) is 1.95. The monoisotopic (exact) mass is 423 g/mol. The van der Waals surface area contributed by atoms with Crippen molar-refractivity contribution in [3.05, 3.63) is 54.1 Å². The molecule has 2 aromatic rings. The van der Waals surface area contributed by atoms with Crippen LogP contribution in [0.15, 0.2) is 48.5 Å². The first-order valence-electron chi connectivity index (χ1n) is 10.3. The second kappa shape index (κ2) is 9.18. The van der Waals surface area contributed by atoms with Gasteiger partial charge in [-0.1, -0.05) is 24.3 Å². The zero-order valence-corrected chi connectivity index (χ0v) is 17.4. The lowest BCUT2D eigenvalue weighted by Crippen LogP contribution is -2.53. The lowest BCUT2D eigenvalue weighted by molar-refractivity contribution is -0.142. The Balaban J connectivity index is 1.50. The molecule has 162 valence electrons. The summed E-state index contributed by atoms with van der Waals surface area (Å²) in [4.78, 5) is 41.2. The maximum Gasteiger partial charge on any atom is 0.265 e. The summed E-state index contributed by atoms with van der Waals surface area (Å²) < 4.78 is 11.3. The summed E-state index contributed by atoms with van der Waals surface area (Å²) in [6.45, 7) is 3.83. The fourth-order valence-corrected chi connectivity index (χ4v) is 3.83. The zero-order valence-electron chi connectivity index (χ0n) is 17.4. The van der Waals surface area contributed by atoms with Crippen molar-refractivity contribution in [3.8, 4) is 5.75 Å². The van der Waals surface area contributed by atoms with E-state index >= 15 is 0 Å². The van der Waals surface area contributed by atoms with Crippen LogP contribution in [0.4, 0.5) is 11.4 Å². The largest absolute Gasteiger partial charge is 0.477 e. The van der Waals surface area contributed by atoms with Crippen molar-refractivity contribution in [2.45, 2.75) is 13.0 Å². The molecule has 0 unspecified atom stereocenters. The number of anilines is 2. The Bertz CT molecular complexity index is 987. The van der Waals surface area contributed by atoms with E-state index in [1.165, 1.54) is 6.92 Å². The molecular formula is C23H25N3O5. The lowest BCUT2D eigenvalue weighted by atomic mass is 10.1. The topological polar surface area (TPSA) is 88.2 Å². The van der Waals surface area contributed by atoms with Gasteiger partial charge in [0.2, 0.25) is 5.91 Å². The summed E-state index contributed by atoms with van der Waals surface area (Å²) >= 11 is 0. The van der Waals surface area contributed by atoms with Gasteiger partial charge in [-0.05, 0) is 31.2 Å². The number of para-hydroxylation sites is 3. The summed E-state index contributed by atoms with van der Waals surface area (Å²) in [7, 11) is 0. The molecule has 2 heterocycles. The minimum Gasteiger partial charge on any atom is -0.477 e. The van der Waals surface area contributed by atoms with Gasteiger partial charge in [0.1, 0.15) is 5.75 Å². The van der Waals surface area contributed by atoms with E-state index in [1.54, 1.807) is 35.2 Å². The highest BCUT2D eigenvalue weighted by Crippen LogP contribution is 2.33. The molecule has 1 N–H and O–H groups in total. The van der Waals surface area contributed by atoms with E-state index in [-0.39, 0.29) is 30.7 Å². The van der Waals surface area contributed by atoms with Gasteiger partial charge >= 0.3 is 0 Å². The van der Waals surface area contributed by atoms with Crippen LogP contribution >= 0.6 is 0 Å². The minimum absolute atomic E-state index is 0.0273. The average Bonchev–Trinajstić information content (AvgIpc) is 2.79. The number of hydrogen-bond donors (Lipinski definition) is 1. The van der Waals surface area contributed by atoms with Crippen molar-refractivity contribution in [2.24, 2.45) is 0 Å². The normalized spacial score (nSPS) is 18.0. The molecule has 8 nitrogen and oxygen atoms in total. The highest BCUT2D eigenvalue weighted by atomic mass is 16.5. The van der Waals surface area contributed by atoms with E-state index in [9.17, 15) is 14.4 Å². The lowest BCUT2D eigenvalue weighted by Gasteiger charge is -2.38. The molecule has 4 rings (SSSR count). The second-order valence-electron chi connectivity index (χ2n) is 7.54. The molecule has 1 fully saturated rings. The molecule has 2 aliphatic heterocycles. The molecule has 2 aliphatic rings. The van der Waals surface area contributed by atoms with Crippen LogP contribution in [0.3, 0.4) is 0 Å². The highest BCUT2D eigenvalue weighted by Gasteiger charge is 2.34. The number of morpholine rings is 1. The summed E-state index contributed by atoms with van der Waals surface area (Å²) in [6.07, 6.45) is -0.703. The standard InChI is InChI=1S/C23H25N3O5/c1-16(27)17-6-2-3-7-18(17)24-22(28)15-26-14-21(23(29)25-10-12-30-13-11-25)31-20-9-5-4-8-19(20)26/h2-9,21H,10-15H2,1H3,(H,24,28)/t21-/m1/s1. The Hall–Kier alpha value is -3.39. The fraction of sp³-hybridized carbons (Fsp3) is 0.348. The molecule has 1 saturated heterocycles. The van der Waals surface area contributed by atoms with E-state index in [1.807, 2.05) is 23.1 Å². The summed E-state index contributed by atoms with van der Waals surface area (Å²) in [6, 6.07) is 14.3. The van der Waals surface area contributed by atoms with Crippen LogP contribution in [-0.4, -0.2) is 68.0 Å². The number of Topliss-reactive ketones (excluding diaryl/α,β-unsaturated/α-hetero) is 1. The number of rotatable bonds is 5. The Kier molecular flexibility index (Phi) is 6.18. The number of nitrogens with zero attached hydrogens (tertiary/aromatic N) is 2. The summed E-state index contributed by atoms with van der Waals surface area (Å²) in [5.41, 5.74) is 1.68. The number of nitrogens with one attached hydrogen (secondary N) is 1. The average molecular weight is 423 g/mol. The summed E-state index contributed by atoms with van der Waals surface area (Å²) in [5.74, 6) is 0.0641. The number of carbonyl (C=O) groups excluding carboxylic acids is 3. The van der Waals surface area contributed by atoms with Crippen LogP contribution in [0.2, 0.25) is 0 Å². The molecule has 2 amide bonds.